The monoisotopic (exact) mass is 190 g/mol. The predicted octanol–water partition coefficient (Wildman–Crippen LogP) is -0.948. The SMILES string of the molecule is CB(O)N1CCN(F)C(C(=O)O)C1. The summed E-state index contributed by atoms with van der Waals surface area (Å²) in [6.45, 7) is 1.91. The third kappa shape index (κ3) is 2.39. The van der Waals surface area contributed by atoms with Crippen LogP contribution in [0, 0.1) is 0 Å². The molecule has 1 aliphatic rings. The molecule has 1 unspecified atom stereocenters. The lowest BCUT2D eigenvalue weighted by molar-refractivity contribution is -0.155. The Labute approximate surface area is 75.8 Å². The van der Waals surface area contributed by atoms with Gasteiger partial charge in [0.1, 0.15) is 6.04 Å². The maximum atomic E-state index is 12.9. The summed E-state index contributed by atoms with van der Waals surface area (Å²) < 4.78 is 12.9. The van der Waals surface area contributed by atoms with Gasteiger partial charge in [-0.2, -0.15) is 0 Å². The molecule has 74 valence electrons. The van der Waals surface area contributed by atoms with E-state index in [-0.39, 0.29) is 13.1 Å². The van der Waals surface area contributed by atoms with Crippen molar-refractivity contribution in [3.05, 3.63) is 0 Å². The summed E-state index contributed by atoms with van der Waals surface area (Å²) in [5, 5.41) is 18.1. The fourth-order valence-corrected chi connectivity index (χ4v) is 1.32. The highest BCUT2D eigenvalue weighted by Crippen LogP contribution is 2.10. The van der Waals surface area contributed by atoms with E-state index in [0.29, 0.717) is 11.7 Å². The van der Waals surface area contributed by atoms with Crippen LogP contribution < -0.4 is 0 Å². The number of hydrogen-bond acceptors (Lipinski definition) is 4. The van der Waals surface area contributed by atoms with Crippen molar-refractivity contribution in [2.24, 2.45) is 0 Å². The number of rotatable bonds is 2. The second kappa shape index (κ2) is 4.04. The molecule has 0 spiro atoms. The number of carbonyl (C=O) groups is 1. The number of carboxylic acids is 1. The molecular weight excluding hydrogens is 178 g/mol. The van der Waals surface area contributed by atoms with Gasteiger partial charge in [0, 0.05) is 19.6 Å². The topological polar surface area (TPSA) is 64.0 Å². The molecule has 0 saturated carbocycles. The maximum Gasteiger partial charge on any atom is 0.376 e. The number of piperazine rings is 1. The second-order valence-corrected chi connectivity index (χ2v) is 3.10. The molecule has 1 aliphatic heterocycles. The van der Waals surface area contributed by atoms with E-state index in [0.717, 1.165) is 0 Å². The van der Waals surface area contributed by atoms with E-state index in [1.165, 1.54) is 11.6 Å². The first-order valence-electron chi connectivity index (χ1n) is 4.09. The molecular formula is C6H12BFN2O3. The lowest BCUT2D eigenvalue weighted by Crippen LogP contribution is -2.56. The minimum atomic E-state index is -1.20. The van der Waals surface area contributed by atoms with Crippen LogP contribution in [0.4, 0.5) is 4.48 Å². The van der Waals surface area contributed by atoms with Crippen LogP contribution in [0.1, 0.15) is 0 Å². The summed E-state index contributed by atoms with van der Waals surface area (Å²) in [6.07, 6.45) is 0. The average molecular weight is 190 g/mol. The predicted molar refractivity (Wildman–Crippen MR) is 44.6 cm³/mol. The molecule has 1 atom stereocenters. The molecule has 2 N–H and O–H groups in total. The molecule has 5 nitrogen and oxygen atoms in total. The van der Waals surface area contributed by atoms with E-state index < -0.39 is 19.1 Å². The van der Waals surface area contributed by atoms with Gasteiger partial charge in [0.25, 0.3) is 0 Å². The first kappa shape index (κ1) is 10.4. The van der Waals surface area contributed by atoms with Gasteiger partial charge in [-0.15, -0.1) is 9.60 Å². The van der Waals surface area contributed by atoms with Crippen molar-refractivity contribution < 1.29 is 19.4 Å². The van der Waals surface area contributed by atoms with Gasteiger partial charge < -0.3 is 14.9 Å². The van der Waals surface area contributed by atoms with E-state index in [1.54, 1.807) is 0 Å². The third-order valence-electron chi connectivity index (χ3n) is 2.16. The Morgan fingerprint density at radius 3 is 2.69 bits per heavy atom. The average Bonchev–Trinajstić information content (AvgIpc) is 2.04. The molecule has 0 aromatic carbocycles. The summed E-state index contributed by atoms with van der Waals surface area (Å²) in [4.78, 5) is 12.1. The zero-order chi connectivity index (χ0) is 10.0. The standard InChI is InChI=1S/C6H12BFN2O3/c1-7(13)9-2-3-10(8)5(4-9)6(11)12/h5,13H,2-4H2,1H3,(H,11,12). The van der Waals surface area contributed by atoms with Crippen LogP contribution in [0.3, 0.4) is 0 Å². The third-order valence-corrected chi connectivity index (χ3v) is 2.16. The normalized spacial score (nSPS) is 25.9. The van der Waals surface area contributed by atoms with Crippen LogP contribution in [0.15, 0.2) is 0 Å². The van der Waals surface area contributed by atoms with Crippen molar-refractivity contribution in [2.75, 3.05) is 19.6 Å². The fraction of sp³-hybridized carbons (Fsp3) is 0.833. The molecule has 0 aliphatic carbocycles. The summed E-state index contributed by atoms with van der Waals surface area (Å²) in [5.74, 6) is -1.20. The molecule has 13 heavy (non-hydrogen) atoms. The molecule has 1 saturated heterocycles. The summed E-state index contributed by atoms with van der Waals surface area (Å²) in [5.41, 5.74) is 0. The van der Waals surface area contributed by atoms with Crippen LogP contribution in [0.2, 0.25) is 6.82 Å². The largest absolute Gasteiger partial charge is 0.480 e. The number of nitrogens with zero attached hydrogens (tertiary/aromatic N) is 2. The van der Waals surface area contributed by atoms with Crippen LogP contribution in [-0.4, -0.2) is 58.8 Å². The van der Waals surface area contributed by atoms with Gasteiger partial charge in [0.2, 0.25) is 0 Å². The van der Waals surface area contributed by atoms with Gasteiger partial charge in [-0.05, 0) is 6.82 Å². The van der Waals surface area contributed by atoms with E-state index in [4.69, 9.17) is 10.1 Å². The zero-order valence-electron chi connectivity index (χ0n) is 7.35. The molecule has 0 amide bonds. The highest BCUT2D eigenvalue weighted by atomic mass is 19.2. The number of hydrogen-bond donors (Lipinski definition) is 2. The Balaban J connectivity index is 2.58. The van der Waals surface area contributed by atoms with Crippen molar-refractivity contribution in [1.29, 1.82) is 0 Å². The molecule has 1 rings (SSSR count). The van der Waals surface area contributed by atoms with Crippen LogP contribution in [0.5, 0.6) is 0 Å². The zero-order valence-corrected chi connectivity index (χ0v) is 7.35. The van der Waals surface area contributed by atoms with Crippen LogP contribution in [0.25, 0.3) is 0 Å². The first-order valence-corrected chi connectivity index (χ1v) is 4.09. The van der Waals surface area contributed by atoms with Crippen molar-refractivity contribution in [3.63, 3.8) is 0 Å². The first-order chi connectivity index (χ1) is 6.02. The Hall–Kier alpha value is -0.655. The Morgan fingerprint density at radius 1 is 1.62 bits per heavy atom. The smallest absolute Gasteiger partial charge is 0.376 e. The van der Waals surface area contributed by atoms with Crippen LogP contribution in [-0.2, 0) is 4.79 Å². The van der Waals surface area contributed by atoms with E-state index in [1.807, 2.05) is 0 Å². The summed E-state index contributed by atoms with van der Waals surface area (Å²) in [7, 11) is -0.726. The number of aliphatic carboxylic acids is 1. The van der Waals surface area contributed by atoms with Gasteiger partial charge in [-0.3, -0.25) is 4.79 Å². The van der Waals surface area contributed by atoms with E-state index in [2.05, 4.69) is 0 Å². The number of carboxylic acid groups (broad SMARTS) is 1. The van der Waals surface area contributed by atoms with Gasteiger partial charge >= 0.3 is 13.0 Å². The van der Waals surface area contributed by atoms with Crippen LogP contribution >= 0.6 is 0 Å². The van der Waals surface area contributed by atoms with Gasteiger partial charge in [-0.1, -0.05) is 0 Å². The lowest BCUT2D eigenvalue weighted by atomic mass is 9.83. The highest BCUT2D eigenvalue weighted by Gasteiger charge is 2.34. The van der Waals surface area contributed by atoms with E-state index >= 15 is 0 Å². The highest BCUT2D eigenvalue weighted by molar-refractivity contribution is 6.45. The minimum Gasteiger partial charge on any atom is -0.480 e. The molecule has 0 aromatic rings. The van der Waals surface area contributed by atoms with Crippen molar-refractivity contribution in [3.8, 4) is 0 Å². The van der Waals surface area contributed by atoms with Crippen molar-refractivity contribution >= 4 is 13.0 Å². The Bertz CT molecular complexity index is 204. The van der Waals surface area contributed by atoms with Gasteiger partial charge in [-0.25, -0.2) is 0 Å². The quantitative estimate of drug-likeness (QED) is 0.434. The molecule has 1 heterocycles. The molecule has 0 aromatic heterocycles. The van der Waals surface area contributed by atoms with Crippen molar-refractivity contribution in [1.82, 2.24) is 9.93 Å². The number of halogens is 1. The Kier molecular flexibility index (Phi) is 3.24. The van der Waals surface area contributed by atoms with Gasteiger partial charge in [0.15, 0.2) is 0 Å². The van der Waals surface area contributed by atoms with E-state index in [9.17, 15) is 9.28 Å². The van der Waals surface area contributed by atoms with Crippen molar-refractivity contribution in [2.45, 2.75) is 12.9 Å². The summed E-state index contributed by atoms with van der Waals surface area (Å²) in [6, 6.07) is -1.16. The molecule has 0 bridgehead atoms. The van der Waals surface area contributed by atoms with Gasteiger partial charge in [0.05, 0.1) is 0 Å². The molecule has 7 heteroatoms. The lowest BCUT2D eigenvalue weighted by Gasteiger charge is -2.34. The molecule has 0 radical (unpaired) electrons. The fourth-order valence-electron chi connectivity index (χ4n) is 1.32. The Morgan fingerprint density at radius 2 is 2.23 bits per heavy atom. The second-order valence-electron chi connectivity index (χ2n) is 3.10. The summed E-state index contributed by atoms with van der Waals surface area (Å²) >= 11 is 0. The minimum absolute atomic E-state index is 0.0157. The molecule has 1 fully saturated rings. The maximum absolute atomic E-state index is 12.9.